The summed E-state index contributed by atoms with van der Waals surface area (Å²) in [5, 5.41) is 3.55. The molecule has 0 spiro atoms. The first kappa shape index (κ1) is 22.2. The van der Waals surface area contributed by atoms with Gasteiger partial charge in [0.2, 0.25) is 10.0 Å². The van der Waals surface area contributed by atoms with Gasteiger partial charge in [-0.25, -0.2) is 18.9 Å². The molecule has 2 aromatic rings. The molecule has 1 aromatic carbocycles. The highest BCUT2D eigenvalue weighted by Gasteiger charge is 2.21. The second-order valence-corrected chi connectivity index (χ2v) is 8.68. The molecule has 1 aromatic heterocycles. The van der Waals surface area contributed by atoms with Gasteiger partial charge in [-0.2, -0.15) is 0 Å². The summed E-state index contributed by atoms with van der Waals surface area (Å²) in [6.07, 6.45) is 1.29. The van der Waals surface area contributed by atoms with Gasteiger partial charge in [-0.3, -0.25) is 13.9 Å². The molecule has 28 heavy (non-hydrogen) atoms. The molecule has 152 valence electrons. The highest BCUT2D eigenvalue weighted by atomic mass is 35.5. The van der Waals surface area contributed by atoms with Gasteiger partial charge in [0.1, 0.15) is 5.15 Å². The van der Waals surface area contributed by atoms with E-state index >= 15 is 0 Å². The predicted molar refractivity (Wildman–Crippen MR) is 111 cm³/mol. The molecule has 0 saturated heterocycles. The summed E-state index contributed by atoms with van der Waals surface area (Å²) in [4.78, 5) is 21.2. The maximum atomic E-state index is 12.3. The Hall–Kier alpha value is -2.07. The molecule has 2 N–H and O–H groups in total. The molecule has 11 heteroatoms. The zero-order valence-corrected chi connectivity index (χ0v) is 17.8. The second kappa shape index (κ2) is 9.42. The van der Waals surface area contributed by atoms with E-state index in [1.54, 1.807) is 26.0 Å². The largest absolute Gasteiger partial charge is 0.353 e. The topological polar surface area (TPSA) is 101 Å². The molecule has 0 unspecified atom stereocenters. The van der Waals surface area contributed by atoms with Crippen molar-refractivity contribution in [3.63, 3.8) is 0 Å². The molecule has 0 aliphatic rings. The van der Waals surface area contributed by atoms with Gasteiger partial charge in [0, 0.05) is 18.3 Å². The molecular weight excluding hydrogens is 427 g/mol. The summed E-state index contributed by atoms with van der Waals surface area (Å²) in [5.74, 6) is -0.614. The van der Waals surface area contributed by atoms with Gasteiger partial charge in [0.05, 0.1) is 35.0 Å². The summed E-state index contributed by atoms with van der Waals surface area (Å²) in [6.45, 7) is 3.56. The number of amides is 1. The molecule has 2 rings (SSSR count). The lowest BCUT2D eigenvalue weighted by molar-refractivity contribution is 0.0365. The molecule has 1 amide bonds. The number of rotatable bonds is 8. The van der Waals surface area contributed by atoms with E-state index in [4.69, 9.17) is 28.0 Å². The first-order valence-electron chi connectivity index (χ1n) is 8.30. The fourth-order valence-electron chi connectivity index (χ4n) is 2.27. The van der Waals surface area contributed by atoms with E-state index < -0.39 is 15.9 Å². The maximum Gasteiger partial charge on any atom is 0.278 e. The number of hydrogen-bond acceptors (Lipinski definition) is 6. The first-order chi connectivity index (χ1) is 13.2. The normalized spacial score (nSPS) is 11.2. The van der Waals surface area contributed by atoms with E-state index in [1.807, 2.05) is 0 Å². The van der Waals surface area contributed by atoms with Crippen molar-refractivity contribution in [1.29, 1.82) is 0 Å². The summed E-state index contributed by atoms with van der Waals surface area (Å²) < 4.78 is 25.7. The Labute approximate surface area is 173 Å². The first-order valence-corrected chi connectivity index (χ1v) is 10.7. The van der Waals surface area contributed by atoms with Crippen LogP contribution in [0.5, 0.6) is 0 Å². The molecule has 8 nitrogen and oxygen atoms in total. The molecular formula is C17H20Cl2N4O4S. The molecule has 0 radical (unpaired) electrons. The van der Waals surface area contributed by atoms with E-state index in [0.717, 1.165) is 4.31 Å². The van der Waals surface area contributed by atoms with Crippen LogP contribution in [0.15, 0.2) is 30.5 Å². The standard InChI is InChI=1S/C17H20Cl2N4O4S/c1-4-27-22-17(24)12-10-20-16(19)9-14(12)21-13-7-6-11(18)8-15(13)23(3)28(25,26)5-2/h6-10H,4-5H2,1-3H3,(H,20,21)(H,22,24). The van der Waals surface area contributed by atoms with Crippen molar-refractivity contribution in [3.05, 3.63) is 46.2 Å². The van der Waals surface area contributed by atoms with Crippen LogP contribution < -0.4 is 15.1 Å². The Morgan fingerprint density at radius 3 is 2.57 bits per heavy atom. The highest BCUT2D eigenvalue weighted by Crippen LogP contribution is 2.34. The number of hydroxylamine groups is 1. The number of nitrogens with zero attached hydrogens (tertiary/aromatic N) is 2. The zero-order chi connectivity index (χ0) is 20.9. The van der Waals surface area contributed by atoms with E-state index in [9.17, 15) is 13.2 Å². The van der Waals surface area contributed by atoms with Crippen LogP contribution in [0.1, 0.15) is 24.2 Å². The molecule has 0 fully saturated rings. The molecule has 0 atom stereocenters. The predicted octanol–water partition coefficient (Wildman–Crippen LogP) is 3.60. The summed E-state index contributed by atoms with van der Waals surface area (Å²) in [5.41, 5.74) is 3.51. The molecule has 0 saturated carbocycles. The van der Waals surface area contributed by atoms with Gasteiger partial charge in [0.15, 0.2) is 0 Å². The number of benzene rings is 1. The molecule has 0 aliphatic carbocycles. The number of anilines is 3. The third-order valence-corrected chi connectivity index (χ3v) is 5.98. The number of nitrogens with one attached hydrogen (secondary N) is 2. The van der Waals surface area contributed by atoms with Crippen molar-refractivity contribution in [1.82, 2.24) is 10.5 Å². The van der Waals surface area contributed by atoms with Crippen molar-refractivity contribution < 1.29 is 18.0 Å². The van der Waals surface area contributed by atoms with E-state index in [1.165, 1.54) is 25.4 Å². The van der Waals surface area contributed by atoms with Crippen LogP contribution in [0.3, 0.4) is 0 Å². The van der Waals surface area contributed by atoms with Crippen molar-refractivity contribution in [3.8, 4) is 0 Å². The van der Waals surface area contributed by atoms with Crippen LogP contribution >= 0.6 is 23.2 Å². The third kappa shape index (κ3) is 5.26. The Morgan fingerprint density at radius 1 is 1.21 bits per heavy atom. The average Bonchev–Trinajstić information content (AvgIpc) is 2.67. The van der Waals surface area contributed by atoms with Crippen molar-refractivity contribution in [2.24, 2.45) is 0 Å². The summed E-state index contributed by atoms with van der Waals surface area (Å²) in [7, 11) is -2.10. The van der Waals surface area contributed by atoms with Crippen LogP contribution in [0, 0.1) is 0 Å². The van der Waals surface area contributed by atoms with Gasteiger partial charge < -0.3 is 5.32 Å². The zero-order valence-electron chi connectivity index (χ0n) is 15.5. The van der Waals surface area contributed by atoms with Crippen LogP contribution in [0.25, 0.3) is 0 Å². The summed E-state index contributed by atoms with van der Waals surface area (Å²) in [6, 6.07) is 6.18. The molecule has 1 heterocycles. The average molecular weight is 447 g/mol. The number of carbonyl (C=O) groups is 1. The molecule has 0 bridgehead atoms. The minimum atomic E-state index is -3.53. The Balaban J connectivity index is 2.49. The van der Waals surface area contributed by atoms with Gasteiger partial charge in [-0.1, -0.05) is 23.2 Å². The number of sulfonamides is 1. The number of pyridine rings is 1. The number of aromatic nitrogens is 1. The van der Waals surface area contributed by atoms with Crippen LogP contribution in [-0.4, -0.2) is 38.7 Å². The van der Waals surface area contributed by atoms with Gasteiger partial charge in [-0.05, 0) is 38.1 Å². The Morgan fingerprint density at radius 2 is 1.93 bits per heavy atom. The maximum absolute atomic E-state index is 12.3. The Kier molecular flexibility index (Phi) is 7.48. The number of hydrogen-bond donors (Lipinski definition) is 2. The van der Waals surface area contributed by atoms with Crippen molar-refractivity contribution >= 4 is 56.2 Å². The van der Waals surface area contributed by atoms with Crippen molar-refractivity contribution in [2.45, 2.75) is 13.8 Å². The lowest BCUT2D eigenvalue weighted by Gasteiger charge is -2.23. The minimum Gasteiger partial charge on any atom is -0.353 e. The van der Waals surface area contributed by atoms with Crippen LogP contribution in [0.2, 0.25) is 10.2 Å². The van der Waals surface area contributed by atoms with Gasteiger partial charge in [-0.15, -0.1) is 0 Å². The smallest absolute Gasteiger partial charge is 0.278 e. The molecule has 0 aliphatic heterocycles. The van der Waals surface area contributed by atoms with Gasteiger partial charge in [0.25, 0.3) is 5.91 Å². The fraction of sp³-hybridized carbons (Fsp3) is 0.294. The number of carbonyl (C=O) groups excluding carboxylic acids is 1. The van der Waals surface area contributed by atoms with Crippen LogP contribution in [0.4, 0.5) is 17.1 Å². The Bertz CT molecular complexity index is 970. The third-order valence-electron chi connectivity index (χ3n) is 3.77. The van der Waals surface area contributed by atoms with Gasteiger partial charge >= 0.3 is 0 Å². The highest BCUT2D eigenvalue weighted by molar-refractivity contribution is 7.92. The van der Waals surface area contributed by atoms with Crippen LogP contribution in [-0.2, 0) is 14.9 Å². The van der Waals surface area contributed by atoms with E-state index in [-0.39, 0.29) is 23.1 Å². The van der Waals surface area contributed by atoms with E-state index in [0.29, 0.717) is 22.1 Å². The fourth-order valence-corrected chi connectivity index (χ4v) is 3.43. The monoisotopic (exact) mass is 446 g/mol. The lowest BCUT2D eigenvalue weighted by atomic mass is 10.2. The second-order valence-electron chi connectivity index (χ2n) is 5.57. The lowest BCUT2D eigenvalue weighted by Crippen LogP contribution is -2.28. The van der Waals surface area contributed by atoms with Crippen molar-refractivity contribution in [2.75, 3.05) is 29.0 Å². The van der Waals surface area contributed by atoms with E-state index in [2.05, 4.69) is 15.8 Å². The SMILES string of the molecule is CCONC(=O)c1cnc(Cl)cc1Nc1ccc(Cl)cc1N(C)S(=O)(=O)CC. The number of halogens is 2. The quantitative estimate of drug-likeness (QED) is 0.474. The summed E-state index contributed by atoms with van der Waals surface area (Å²) >= 11 is 12.0. The minimum absolute atomic E-state index is 0.0848.